The normalized spacial score (nSPS) is 10.3. The average molecular weight is 307 g/mol. The summed E-state index contributed by atoms with van der Waals surface area (Å²) in [6.45, 7) is 0.404. The highest BCUT2D eigenvalue weighted by Gasteiger charge is 2.06. The first-order chi connectivity index (χ1) is 10.2. The topological polar surface area (TPSA) is 110 Å². The Bertz CT molecular complexity index is 600. The van der Waals surface area contributed by atoms with Gasteiger partial charge in [0.15, 0.2) is 5.82 Å². The summed E-state index contributed by atoms with van der Waals surface area (Å²) in [4.78, 5) is 30.1. The second-order valence-corrected chi connectivity index (χ2v) is 5.05. The lowest BCUT2D eigenvalue weighted by molar-refractivity contribution is -0.133. The Hall–Kier alpha value is -2.42. The van der Waals surface area contributed by atoms with Crippen LogP contribution < -0.4 is 5.32 Å². The number of aliphatic carboxylic acids is 1. The predicted molar refractivity (Wildman–Crippen MR) is 76.4 cm³/mol. The molecule has 2 rings (SSSR count). The van der Waals surface area contributed by atoms with Gasteiger partial charge in [-0.15, -0.1) is 11.8 Å². The van der Waals surface area contributed by atoms with Crippen LogP contribution in [-0.4, -0.2) is 54.8 Å². The zero-order valence-corrected chi connectivity index (χ0v) is 11.8. The van der Waals surface area contributed by atoms with Gasteiger partial charge in [-0.05, 0) is 12.1 Å². The Balaban J connectivity index is 1.81. The molecule has 0 spiro atoms. The lowest BCUT2D eigenvalue weighted by Crippen LogP contribution is -2.26. The molecule has 2 N–H and O–H groups in total. The van der Waals surface area contributed by atoms with Crippen molar-refractivity contribution in [1.29, 1.82) is 0 Å². The smallest absolute Gasteiger partial charge is 0.313 e. The standard InChI is InChI=1S/C12H13N5O3S/c18-11(19)6-21-4-3-14-12(20)9-1-2-10(15-5-9)17-8-13-7-16-17/h1-2,5,7-8H,3-4,6H2,(H,14,20)(H,18,19). The third kappa shape index (κ3) is 4.56. The van der Waals surface area contributed by atoms with Crippen molar-refractivity contribution in [2.75, 3.05) is 18.1 Å². The van der Waals surface area contributed by atoms with E-state index in [2.05, 4.69) is 20.4 Å². The molecule has 9 heteroatoms. The van der Waals surface area contributed by atoms with Crippen molar-refractivity contribution in [3.05, 3.63) is 36.5 Å². The van der Waals surface area contributed by atoms with Crippen LogP contribution >= 0.6 is 11.8 Å². The van der Waals surface area contributed by atoms with Crippen LogP contribution in [-0.2, 0) is 4.79 Å². The van der Waals surface area contributed by atoms with Crippen molar-refractivity contribution in [2.24, 2.45) is 0 Å². The van der Waals surface area contributed by atoms with E-state index >= 15 is 0 Å². The zero-order valence-electron chi connectivity index (χ0n) is 11.0. The first-order valence-electron chi connectivity index (χ1n) is 6.05. The van der Waals surface area contributed by atoms with Gasteiger partial charge in [0.25, 0.3) is 5.91 Å². The molecule has 0 aromatic carbocycles. The molecule has 0 saturated carbocycles. The molecular weight excluding hydrogens is 294 g/mol. The molecule has 21 heavy (non-hydrogen) atoms. The summed E-state index contributed by atoms with van der Waals surface area (Å²) in [6, 6.07) is 3.31. The largest absolute Gasteiger partial charge is 0.481 e. The molecule has 2 aromatic rings. The Labute approximate surface area is 124 Å². The minimum Gasteiger partial charge on any atom is -0.481 e. The number of pyridine rings is 1. The number of nitrogens with zero attached hydrogens (tertiary/aromatic N) is 4. The molecule has 2 heterocycles. The highest BCUT2D eigenvalue weighted by Crippen LogP contribution is 2.04. The lowest BCUT2D eigenvalue weighted by atomic mass is 10.2. The molecule has 8 nitrogen and oxygen atoms in total. The van der Waals surface area contributed by atoms with Crippen LogP contribution in [0.15, 0.2) is 31.0 Å². The molecule has 2 aromatic heterocycles. The molecule has 0 fully saturated rings. The van der Waals surface area contributed by atoms with Crippen LogP contribution in [0.4, 0.5) is 0 Å². The molecule has 0 saturated heterocycles. The third-order valence-corrected chi connectivity index (χ3v) is 3.36. The van der Waals surface area contributed by atoms with E-state index in [4.69, 9.17) is 5.11 Å². The molecule has 0 aliphatic heterocycles. The number of hydrogen-bond acceptors (Lipinski definition) is 6. The van der Waals surface area contributed by atoms with Gasteiger partial charge in [-0.25, -0.2) is 14.6 Å². The minimum absolute atomic E-state index is 0.0318. The zero-order chi connectivity index (χ0) is 15.1. The highest BCUT2D eigenvalue weighted by atomic mass is 32.2. The number of rotatable bonds is 7. The van der Waals surface area contributed by atoms with Crippen LogP contribution in [0, 0.1) is 0 Å². The van der Waals surface area contributed by atoms with Gasteiger partial charge in [-0.2, -0.15) is 5.10 Å². The number of thioether (sulfide) groups is 1. The number of carboxylic acids is 1. The van der Waals surface area contributed by atoms with E-state index in [1.165, 1.54) is 35.3 Å². The van der Waals surface area contributed by atoms with Crippen molar-refractivity contribution >= 4 is 23.6 Å². The number of carboxylic acid groups (broad SMARTS) is 1. The molecule has 110 valence electrons. The predicted octanol–water partition coefficient (Wildman–Crippen LogP) is 0.210. The van der Waals surface area contributed by atoms with E-state index in [1.54, 1.807) is 12.1 Å². The summed E-state index contributed by atoms with van der Waals surface area (Å²) < 4.78 is 1.49. The summed E-state index contributed by atoms with van der Waals surface area (Å²) in [5, 5.41) is 15.1. The van der Waals surface area contributed by atoms with Gasteiger partial charge < -0.3 is 10.4 Å². The SMILES string of the molecule is O=C(O)CSCCNC(=O)c1ccc(-n2cncn2)nc1. The van der Waals surface area contributed by atoms with Crippen LogP contribution in [0.3, 0.4) is 0 Å². The summed E-state index contributed by atoms with van der Waals surface area (Å²) >= 11 is 1.25. The summed E-state index contributed by atoms with van der Waals surface area (Å²) in [7, 11) is 0. The maximum absolute atomic E-state index is 11.8. The fourth-order valence-corrected chi connectivity index (χ4v) is 2.05. The molecule has 0 aliphatic rings. The molecular formula is C12H13N5O3S. The van der Waals surface area contributed by atoms with Gasteiger partial charge in [0.2, 0.25) is 0 Å². The van der Waals surface area contributed by atoms with E-state index in [9.17, 15) is 9.59 Å². The molecule has 1 amide bonds. The molecule has 0 radical (unpaired) electrons. The van der Waals surface area contributed by atoms with Gasteiger partial charge in [0.1, 0.15) is 12.7 Å². The van der Waals surface area contributed by atoms with Gasteiger partial charge in [-0.1, -0.05) is 0 Å². The minimum atomic E-state index is -0.862. The maximum Gasteiger partial charge on any atom is 0.313 e. The van der Waals surface area contributed by atoms with Crippen LogP contribution in [0.1, 0.15) is 10.4 Å². The first-order valence-corrected chi connectivity index (χ1v) is 7.21. The Morgan fingerprint density at radius 1 is 1.38 bits per heavy atom. The second kappa shape index (κ2) is 7.39. The molecule has 0 atom stereocenters. The van der Waals surface area contributed by atoms with Crippen molar-refractivity contribution in [2.45, 2.75) is 0 Å². The molecule has 0 aliphatic carbocycles. The van der Waals surface area contributed by atoms with Gasteiger partial charge in [0, 0.05) is 18.5 Å². The number of amides is 1. The van der Waals surface area contributed by atoms with Crippen molar-refractivity contribution in [3.63, 3.8) is 0 Å². The summed E-state index contributed by atoms with van der Waals surface area (Å²) in [5.74, 6) is 0.0378. The van der Waals surface area contributed by atoms with E-state index in [-0.39, 0.29) is 11.7 Å². The Morgan fingerprint density at radius 3 is 2.86 bits per heavy atom. The van der Waals surface area contributed by atoms with Crippen molar-refractivity contribution in [1.82, 2.24) is 25.1 Å². The number of nitrogens with one attached hydrogen (secondary N) is 1. The van der Waals surface area contributed by atoms with Crippen molar-refractivity contribution < 1.29 is 14.7 Å². The van der Waals surface area contributed by atoms with E-state index in [0.29, 0.717) is 23.7 Å². The second-order valence-electron chi connectivity index (χ2n) is 3.95. The number of aromatic nitrogens is 4. The van der Waals surface area contributed by atoms with Gasteiger partial charge in [0.05, 0.1) is 11.3 Å². The number of carbonyl (C=O) groups is 2. The van der Waals surface area contributed by atoms with Gasteiger partial charge >= 0.3 is 5.97 Å². The number of hydrogen-bond donors (Lipinski definition) is 2. The fraction of sp³-hybridized carbons (Fsp3) is 0.250. The number of carbonyl (C=O) groups excluding carboxylic acids is 1. The van der Waals surface area contributed by atoms with Crippen molar-refractivity contribution in [3.8, 4) is 5.82 Å². The van der Waals surface area contributed by atoms with E-state index < -0.39 is 5.97 Å². The fourth-order valence-electron chi connectivity index (χ4n) is 1.48. The molecule has 0 unspecified atom stereocenters. The Kier molecular flexibility index (Phi) is 5.27. The third-order valence-electron chi connectivity index (χ3n) is 2.42. The molecule has 0 bridgehead atoms. The Morgan fingerprint density at radius 2 is 2.24 bits per heavy atom. The van der Waals surface area contributed by atoms with Crippen LogP contribution in [0.2, 0.25) is 0 Å². The maximum atomic E-state index is 11.8. The van der Waals surface area contributed by atoms with Gasteiger partial charge in [-0.3, -0.25) is 9.59 Å². The average Bonchev–Trinajstić information content (AvgIpc) is 3.01. The van der Waals surface area contributed by atoms with E-state index in [0.717, 1.165) is 0 Å². The first kappa shape index (κ1) is 15.0. The summed E-state index contributed by atoms with van der Waals surface area (Å²) in [5.41, 5.74) is 0.432. The lowest BCUT2D eigenvalue weighted by Gasteiger charge is -2.05. The van der Waals surface area contributed by atoms with E-state index in [1.807, 2.05) is 0 Å². The quantitative estimate of drug-likeness (QED) is 0.703. The highest BCUT2D eigenvalue weighted by molar-refractivity contribution is 7.99. The summed E-state index contributed by atoms with van der Waals surface area (Å²) in [6.07, 6.45) is 4.37. The van der Waals surface area contributed by atoms with Crippen LogP contribution in [0.25, 0.3) is 5.82 Å². The van der Waals surface area contributed by atoms with Crippen LogP contribution in [0.5, 0.6) is 0 Å². The monoisotopic (exact) mass is 307 g/mol.